The molecule has 24 heteroatoms. The first-order valence-electron chi connectivity index (χ1n) is 36.1. The molecule has 11 rings (SSSR count). The number of aromatic nitrogens is 6. The van der Waals surface area contributed by atoms with Gasteiger partial charge in [-0.1, -0.05) is 15.9 Å². The molecular weight excluding hydrogens is 1320 g/mol. The van der Waals surface area contributed by atoms with Crippen LogP contribution in [0.25, 0.3) is 11.3 Å². The zero-order valence-corrected chi connectivity index (χ0v) is 64.6. The Morgan fingerprint density at radius 1 is 0.550 bits per heavy atom. The minimum atomic E-state index is -0.445. The maximum atomic E-state index is 13.9. The van der Waals surface area contributed by atoms with Gasteiger partial charge >= 0.3 is 7.12 Å². The maximum absolute atomic E-state index is 13.9. The number of aryl methyl sites for hydroxylation is 4. The first-order valence-corrected chi connectivity index (χ1v) is 36.9. The molecule has 5 aliphatic rings. The third-order valence-corrected chi connectivity index (χ3v) is 22.2. The number of hydrogen-bond acceptors (Lipinski definition) is 18. The highest BCUT2D eigenvalue weighted by Crippen LogP contribution is 2.39. The minimum Gasteiger partial charge on any atom is -0.398 e. The Labute approximate surface area is 603 Å². The molecule has 2 amide bonds. The van der Waals surface area contributed by atoms with Crippen molar-refractivity contribution in [2.45, 2.75) is 183 Å². The van der Waals surface area contributed by atoms with Crippen LogP contribution in [0.4, 0.5) is 23.0 Å². The number of likely N-dealkylation sites (N-methyl/N-ethyl adjacent to an activating group) is 2. The summed E-state index contributed by atoms with van der Waals surface area (Å²) in [5.41, 5.74) is 11.2. The Hall–Kier alpha value is -7.06. The van der Waals surface area contributed by atoms with Crippen LogP contribution in [0.3, 0.4) is 0 Å². The lowest BCUT2D eigenvalue weighted by molar-refractivity contribution is 0.00578. The van der Waals surface area contributed by atoms with Gasteiger partial charge in [0.2, 0.25) is 0 Å². The van der Waals surface area contributed by atoms with Crippen molar-refractivity contribution in [3.8, 4) is 11.3 Å². The van der Waals surface area contributed by atoms with Crippen molar-refractivity contribution in [3.05, 3.63) is 142 Å². The van der Waals surface area contributed by atoms with Crippen LogP contribution in [0.5, 0.6) is 0 Å². The van der Waals surface area contributed by atoms with Crippen molar-refractivity contribution in [1.29, 1.82) is 0 Å². The number of aromatic amines is 2. The van der Waals surface area contributed by atoms with Gasteiger partial charge in [-0.2, -0.15) is 0 Å². The highest BCUT2D eigenvalue weighted by atomic mass is 79.9. The van der Waals surface area contributed by atoms with Crippen molar-refractivity contribution in [1.82, 2.24) is 60.1 Å². The molecule has 6 aromatic rings. The zero-order chi connectivity index (χ0) is 72.5. The zero-order valence-electron chi connectivity index (χ0n) is 63.0. The monoisotopic (exact) mass is 1430 g/mol. The number of amides is 2. The number of carbonyl (C=O) groups is 2. The largest absolute Gasteiger partial charge is 0.516 e. The summed E-state index contributed by atoms with van der Waals surface area (Å²) in [4.78, 5) is 95.2. The molecule has 4 N–H and O–H groups in total. The molecule has 0 bridgehead atoms. The van der Waals surface area contributed by atoms with Gasteiger partial charge in [0, 0.05) is 164 Å². The number of anilines is 4. The molecular formula is C76H112BBrN16O6. The van der Waals surface area contributed by atoms with Gasteiger partial charge in [0.1, 0.15) is 11.6 Å². The summed E-state index contributed by atoms with van der Waals surface area (Å²) in [5, 5.41) is 6.01. The minimum absolute atomic E-state index is 0.148. The van der Waals surface area contributed by atoms with Crippen LogP contribution in [0.2, 0.25) is 0 Å². The van der Waals surface area contributed by atoms with E-state index in [-0.39, 0.29) is 47.2 Å². The first-order chi connectivity index (χ1) is 47.4. The van der Waals surface area contributed by atoms with Crippen molar-refractivity contribution >= 4 is 63.5 Å². The first kappa shape index (κ1) is 77.1. The Balaban J connectivity index is 0.000000186. The molecule has 22 nitrogen and oxygen atoms in total. The molecule has 2 aromatic carbocycles. The lowest BCUT2D eigenvalue weighted by atomic mass is 9.85. The molecule has 542 valence electrons. The SMILES string of the molecule is CCN(c1cc(-c2cnc(N3CCN(C)CC3)cn2)cc(C(=O)NCc2c(C)cc(C)[nH]c2=O)c1C)C1CCC(N(C)C)CC1.CCN(c1cc(Br)cc(C(=O)NCc2c(C)cc(C)[nH]c2=O)c1C)C1CCC(N(C)C)CC1.CN1CCN(c2cnc(B3OC(C)(C)C(C)(C)O3)cn2)CC1. The summed E-state index contributed by atoms with van der Waals surface area (Å²) >= 11 is 3.62. The van der Waals surface area contributed by atoms with Crippen molar-refractivity contribution in [2.24, 2.45) is 0 Å². The van der Waals surface area contributed by atoms with Gasteiger partial charge in [-0.05, 0) is 235 Å². The number of hydrogen-bond donors (Lipinski definition) is 4. The normalized spacial score (nSPS) is 20.1. The van der Waals surface area contributed by atoms with Gasteiger partial charge in [-0.3, -0.25) is 29.1 Å². The number of halogens is 1. The van der Waals surface area contributed by atoms with Crippen LogP contribution in [0.1, 0.15) is 158 Å². The van der Waals surface area contributed by atoms with E-state index in [0.29, 0.717) is 46.4 Å². The molecule has 0 radical (unpaired) electrons. The fraction of sp³-hybridized carbons (Fsp3) is 0.579. The summed E-state index contributed by atoms with van der Waals surface area (Å²) in [6.07, 6.45) is 16.5. The molecule has 7 heterocycles. The number of rotatable bonds is 18. The Morgan fingerprint density at radius 2 is 0.950 bits per heavy atom. The molecule has 3 aliphatic heterocycles. The van der Waals surface area contributed by atoms with E-state index in [4.69, 9.17) is 19.3 Å². The number of carbonyl (C=O) groups excluding carboxylic acids is 2. The average molecular weight is 1440 g/mol. The molecule has 0 unspecified atom stereocenters. The van der Waals surface area contributed by atoms with Crippen molar-refractivity contribution in [3.63, 3.8) is 0 Å². The van der Waals surface area contributed by atoms with E-state index in [0.717, 1.165) is 182 Å². The van der Waals surface area contributed by atoms with E-state index in [1.165, 1.54) is 12.8 Å². The number of piperazine rings is 2. The molecule has 4 aromatic heterocycles. The Morgan fingerprint density at radius 3 is 1.33 bits per heavy atom. The highest BCUT2D eigenvalue weighted by molar-refractivity contribution is 9.10. The highest BCUT2D eigenvalue weighted by Gasteiger charge is 2.52. The summed E-state index contributed by atoms with van der Waals surface area (Å²) in [6, 6.07) is 14.1. The predicted molar refractivity (Wildman–Crippen MR) is 409 cm³/mol. The van der Waals surface area contributed by atoms with E-state index >= 15 is 0 Å². The quantitative estimate of drug-likeness (QED) is 0.0589. The van der Waals surface area contributed by atoms with Crippen LogP contribution in [0.15, 0.2) is 75.2 Å². The summed E-state index contributed by atoms with van der Waals surface area (Å²) in [7, 11) is 12.5. The molecule has 5 fully saturated rings. The third-order valence-electron chi connectivity index (χ3n) is 21.8. The second kappa shape index (κ2) is 33.8. The van der Waals surface area contributed by atoms with E-state index < -0.39 is 7.12 Å². The number of nitrogens with one attached hydrogen (secondary N) is 4. The Kier molecular flexibility index (Phi) is 26.1. The van der Waals surface area contributed by atoms with Crippen LogP contribution >= 0.6 is 15.9 Å². The smallest absolute Gasteiger partial charge is 0.398 e. The topological polar surface area (TPSA) is 220 Å². The lowest BCUT2D eigenvalue weighted by Crippen LogP contribution is -2.45. The van der Waals surface area contributed by atoms with Gasteiger partial charge < -0.3 is 69.1 Å². The summed E-state index contributed by atoms with van der Waals surface area (Å²) < 4.78 is 12.9. The summed E-state index contributed by atoms with van der Waals surface area (Å²) in [6.45, 7) is 34.2. The van der Waals surface area contributed by atoms with E-state index in [9.17, 15) is 19.2 Å². The molecule has 0 spiro atoms. The lowest BCUT2D eigenvalue weighted by Gasteiger charge is -2.40. The molecule has 3 saturated heterocycles. The second-order valence-corrected chi connectivity index (χ2v) is 30.6. The number of pyridine rings is 2. The standard InChI is InChI=1S/C35H50N8O2.C26H37BrN4O2.C15H25BN4O2/c1-8-43(28-11-9-27(10-12-28)40(5)6)32-19-26(31-21-37-33(22-36-31)42-15-13-41(7)14-16-42)18-29(25(32)4)34(44)38-20-30-23(2)17-24(3)39-35(30)45;1-7-31(21-10-8-20(9-11-21)30(5)6)24-14-19(27)13-22(18(24)4)25(32)28-15-23-16(2)12-17(3)29-26(23)33;1-14(2)15(3,4)22-16(21-14)12-10-18-13(11-17-12)20-8-6-19(5)7-9-20/h17-19,21-22,27-28H,8-16,20H2,1-7H3,(H,38,44)(H,39,45);12-14,20-21H,7-11,15H2,1-6H3,(H,28,32)(H,29,33);10-11H,6-9H2,1-5H3. The van der Waals surface area contributed by atoms with E-state index in [1.54, 1.807) is 6.20 Å². The molecule has 100 heavy (non-hydrogen) atoms. The predicted octanol–water partition coefficient (Wildman–Crippen LogP) is 9.36. The van der Waals surface area contributed by atoms with Crippen LogP contribution in [0, 0.1) is 41.5 Å². The second-order valence-electron chi connectivity index (χ2n) is 29.7. The number of benzene rings is 2. The van der Waals surface area contributed by atoms with Gasteiger partial charge in [0.05, 0.1) is 41.1 Å². The van der Waals surface area contributed by atoms with Crippen LogP contribution < -0.4 is 46.9 Å². The summed E-state index contributed by atoms with van der Waals surface area (Å²) in [5.74, 6) is 1.43. The van der Waals surface area contributed by atoms with E-state index in [2.05, 4.69) is 154 Å². The molecule has 0 atom stereocenters. The van der Waals surface area contributed by atoms with Gasteiger partial charge in [-0.25, -0.2) is 9.97 Å². The molecule has 2 aliphatic carbocycles. The van der Waals surface area contributed by atoms with Crippen LogP contribution in [-0.2, 0) is 22.4 Å². The Bertz CT molecular complexity index is 3850. The fourth-order valence-electron chi connectivity index (χ4n) is 14.6. The van der Waals surface area contributed by atoms with Crippen molar-refractivity contribution in [2.75, 3.05) is 127 Å². The number of H-pyrrole nitrogens is 2. The van der Waals surface area contributed by atoms with E-state index in [1.807, 2.05) is 112 Å². The van der Waals surface area contributed by atoms with Gasteiger partial charge in [0.15, 0.2) is 0 Å². The fourth-order valence-corrected chi connectivity index (χ4v) is 15.1. The van der Waals surface area contributed by atoms with Crippen molar-refractivity contribution < 1.29 is 18.9 Å². The van der Waals surface area contributed by atoms with Crippen LogP contribution in [-0.4, -0.2) is 212 Å². The maximum Gasteiger partial charge on any atom is 0.516 e. The third kappa shape index (κ3) is 18.8. The molecule has 2 saturated carbocycles. The van der Waals surface area contributed by atoms with Gasteiger partial charge in [-0.15, -0.1) is 0 Å². The van der Waals surface area contributed by atoms with Gasteiger partial charge in [0.25, 0.3) is 22.9 Å². The number of nitrogens with zero attached hydrogens (tertiary/aromatic N) is 12. The average Bonchev–Trinajstić information content (AvgIpc) is 1.10.